The molecule has 186 valence electrons. The quantitative estimate of drug-likeness (QED) is 0.422. The summed E-state index contributed by atoms with van der Waals surface area (Å²) in [4.78, 5) is 41.4. The van der Waals surface area contributed by atoms with Crippen LogP contribution in [0.15, 0.2) is 0 Å². The van der Waals surface area contributed by atoms with Crippen LogP contribution in [0.3, 0.4) is 0 Å². The van der Waals surface area contributed by atoms with E-state index in [0.29, 0.717) is 13.0 Å². The van der Waals surface area contributed by atoms with Crippen LogP contribution in [-0.2, 0) is 23.9 Å². The van der Waals surface area contributed by atoms with E-state index < -0.39 is 6.10 Å². The molecule has 1 rings (SSSR count). The molecule has 0 N–H and O–H groups in total. The summed E-state index contributed by atoms with van der Waals surface area (Å²) in [6.07, 6.45) is 3.38. The monoisotopic (exact) mass is 454 g/mol. The third kappa shape index (κ3) is 7.55. The molecule has 0 aromatic carbocycles. The number of likely N-dealkylation sites (N-methyl/N-ethyl adjacent to an activating group) is 1. The maximum Gasteiger partial charge on any atom is 0.225 e. The molecular formula is C25H46N2O5. The summed E-state index contributed by atoms with van der Waals surface area (Å²) in [7, 11) is 5.04. The fourth-order valence-electron chi connectivity index (χ4n) is 4.86. The van der Waals surface area contributed by atoms with Gasteiger partial charge in [-0.15, -0.1) is 0 Å². The molecule has 0 aromatic rings. The summed E-state index contributed by atoms with van der Waals surface area (Å²) in [6.45, 7) is 12.8. The molecule has 1 fully saturated rings. The van der Waals surface area contributed by atoms with Gasteiger partial charge in [-0.1, -0.05) is 48.0 Å². The number of ether oxygens (including phenoxy) is 2. The van der Waals surface area contributed by atoms with E-state index in [9.17, 15) is 14.4 Å². The molecule has 7 heteroatoms. The minimum atomic E-state index is -0.405. The Hall–Kier alpha value is -1.47. The van der Waals surface area contributed by atoms with Gasteiger partial charge in [0, 0.05) is 40.2 Å². The molecule has 7 nitrogen and oxygen atoms in total. The fraction of sp³-hybridized carbons (Fsp3) is 0.880. The van der Waals surface area contributed by atoms with Gasteiger partial charge in [-0.2, -0.15) is 0 Å². The largest absolute Gasteiger partial charge is 0.379 e. The molecule has 32 heavy (non-hydrogen) atoms. The highest BCUT2D eigenvalue weighted by atomic mass is 16.5. The SMILES string of the molecule is CCC(C)C(C(CC(=O)N1CCCC1C(OC)C(C)C=O)OC)N(C)C(=O)CC(C)(C)C. The number of methoxy groups -OCH3 is 2. The molecule has 6 atom stereocenters. The summed E-state index contributed by atoms with van der Waals surface area (Å²) in [5.74, 6) is -0.0523. The molecule has 0 bridgehead atoms. The lowest BCUT2D eigenvalue weighted by Crippen LogP contribution is -2.52. The van der Waals surface area contributed by atoms with Gasteiger partial charge in [0.25, 0.3) is 0 Å². The zero-order valence-corrected chi connectivity index (χ0v) is 21.7. The van der Waals surface area contributed by atoms with Crippen LogP contribution in [0.4, 0.5) is 0 Å². The minimum absolute atomic E-state index is 0.00975. The molecule has 0 spiro atoms. The molecule has 0 saturated carbocycles. The van der Waals surface area contributed by atoms with Crippen LogP contribution in [0.5, 0.6) is 0 Å². The Morgan fingerprint density at radius 1 is 1.19 bits per heavy atom. The van der Waals surface area contributed by atoms with Crippen LogP contribution >= 0.6 is 0 Å². The number of amides is 2. The first-order valence-corrected chi connectivity index (χ1v) is 12.0. The maximum atomic E-state index is 13.4. The van der Waals surface area contributed by atoms with Crippen LogP contribution < -0.4 is 0 Å². The number of aldehydes is 1. The highest BCUT2D eigenvalue weighted by Crippen LogP contribution is 2.29. The number of carbonyl (C=O) groups is 3. The Morgan fingerprint density at radius 3 is 2.28 bits per heavy atom. The van der Waals surface area contributed by atoms with Crippen molar-refractivity contribution in [1.82, 2.24) is 9.80 Å². The summed E-state index contributed by atoms with van der Waals surface area (Å²) in [6, 6.07) is -0.315. The van der Waals surface area contributed by atoms with Crippen LogP contribution in [0.2, 0.25) is 0 Å². The van der Waals surface area contributed by atoms with Crippen LogP contribution in [0.1, 0.15) is 73.6 Å². The first-order valence-electron chi connectivity index (χ1n) is 12.0. The van der Waals surface area contributed by atoms with E-state index in [0.717, 1.165) is 25.5 Å². The Kier molecular flexibility index (Phi) is 11.3. The van der Waals surface area contributed by atoms with Crippen LogP contribution in [0, 0.1) is 17.3 Å². The first kappa shape index (κ1) is 28.6. The average Bonchev–Trinajstić information content (AvgIpc) is 3.21. The average molecular weight is 455 g/mol. The maximum absolute atomic E-state index is 13.4. The van der Waals surface area contributed by atoms with E-state index in [4.69, 9.17) is 9.47 Å². The molecule has 1 saturated heterocycles. The van der Waals surface area contributed by atoms with Crippen molar-refractivity contribution >= 4 is 18.1 Å². The topological polar surface area (TPSA) is 76.2 Å². The van der Waals surface area contributed by atoms with Gasteiger partial charge >= 0.3 is 0 Å². The van der Waals surface area contributed by atoms with E-state index in [-0.39, 0.29) is 53.7 Å². The normalized spacial score (nSPS) is 21.5. The lowest BCUT2D eigenvalue weighted by Gasteiger charge is -2.40. The summed E-state index contributed by atoms with van der Waals surface area (Å²) < 4.78 is 11.4. The molecular weight excluding hydrogens is 408 g/mol. The number of carbonyl (C=O) groups excluding carboxylic acids is 3. The van der Waals surface area contributed by atoms with Crippen molar-refractivity contribution in [2.24, 2.45) is 17.3 Å². The van der Waals surface area contributed by atoms with E-state index in [2.05, 4.69) is 13.8 Å². The Morgan fingerprint density at radius 2 is 1.81 bits per heavy atom. The molecule has 0 radical (unpaired) electrons. The van der Waals surface area contributed by atoms with Crippen molar-refractivity contribution in [3.8, 4) is 0 Å². The Labute approximate surface area is 195 Å². The zero-order valence-electron chi connectivity index (χ0n) is 21.7. The highest BCUT2D eigenvalue weighted by Gasteiger charge is 2.40. The van der Waals surface area contributed by atoms with Crippen LogP contribution in [-0.4, -0.2) is 80.0 Å². The lowest BCUT2D eigenvalue weighted by molar-refractivity contribution is -0.145. The van der Waals surface area contributed by atoms with Crippen molar-refractivity contribution in [3.63, 3.8) is 0 Å². The van der Waals surface area contributed by atoms with Crippen molar-refractivity contribution in [3.05, 3.63) is 0 Å². The van der Waals surface area contributed by atoms with E-state index >= 15 is 0 Å². The van der Waals surface area contributed by atoms with Crippen molar-refractivity contribution < 1.29 is 23.9 Å². The van der Waals surface area contributed by atoms with Crippen molar-refractivity contribution in [2.75, 3.05) is 27.8 Å². The van der Waals surface area contributed by atoms with Gasteiger partial charge in [-0.3, -0.25) is 9.59 Å². The zero-order chi connectivity index (χ0) is 24.6. The van der Waals surface area contributed by atoms with Crippen molar-refractivity contribution in [1.29, 1.82) is 0 Å². The third-order valence-corrected chi connectivity index (χ3v) is 6.81. The smallest absolute Gasteiger partial charge is 0.225 e. The number of likely N-dealkylation sites (tertiary alicyclic amines) is 1. The second kappa shape index (κ2) is 12.7. The Balaban J connectivity index is 3.06. The van der Waals surface area contributed by atoms with Gasteiger partial charge in [0.2, 0.25) is 11.8 Å². The summed E-state index contributed by atoms with van der Waals surface area (Å²) in [5.41, 5.74) is -0.114. The number of rotatable bonds is 12. The predicted molar refractivity (Wildman–Crippen MR) is 126 cm³/mol. The van der Waals surface area contributed by atoms with Gasteiger partial charge in [0.15, 0.2) is 0 Å². The standard InChI is InChI=1S/C25H46N2O5/c1-10-17(2)23(26(7)22(30)15-25(4,5)6)20(31-8)14-21(29)27-13-11-12-19(27)24(32-9)18(3)16-28/h16-20,23-24H,10-15H2,1-9H3. The lowest BCUT2D eigenvalue weighted by atomic mass is 9.88. The minimum Gasteiger partial charge on any atom is -0.379 e. The van der Waals surface area contributed by atoms with E-state index in [1.807, 2.05) is 39.6 Å². The molecule has 1 heterocycles. The van der Waals surface area contributed by atoms with Gasteiger partial charge in [-0.25, -0.2) is 0 Å². The second-order valence-electron chi connectivity index (χ2n) is 10.6. The van der Waals surface area contributed by atoms with Gasteiger partial charge in [0.1, 0.15) is 6.29 Å². The van der Waals surface area contributed by atoms with Gasteiger partial charge in [-0.05, 0) is 24.2 Å². The number of nitrogens with zero attached hydrogens (tertiary/aromatic N) is 2. The fourth-order valence-corrected chi connectivity index (χ4v) is 4.86. The van der Waals surface area contributed by atoms with E-state index in [1.165, 1.54) is 0 Å². The molecule has 0 aromatic heterocycles. The summed E-state index contributed by atoms with van der Waals surface area (Å²) >= 11 is 0. The van der Waals surface area contributed by atoms with E-state index in [1.54, 1.807) is 19.1 Å². The molecule has 0 aliphatic carbocycles. The first-order chi connectivity index (χ1) is 14.9. The third-order valence-electron chi connectivity index (χ3n) is 6.81. The molecule has 1 aliphatic heterocycles. The molecule has 2 amide bonds. The highest BCUT2D eigenvalue weighted by molar-refractivity contribution is 5.79. The Bertz CT molecular complexity index is 618. The predicted octanol–water partition coefficient (Wildman–Crippen LogP) is 3.54. The van der Waals surface area contributed by atoms with Gasteiger partial charge in [0.05, 0.1) is 30.7 Å². The van der Waals surface area contributed by atoms with Crippen molar-refractivity contribution in [2.45, 2.75) is 97.9 Å². The van der Waals surface area contributed by atoms with Gasteiger partial charge < -0.3 is 24.1 Å². The number of hydrogen-bond acceptors (Lipinski definition) is 5. The molecule has 6 unspecified atom stereocenters. The second-order valence-corrected chi connectivity index (χ2v) is 10.6. The number of hydrogen-bond donors (Lipinski definition) is 0. The molecule has 1 aliphatic rings. The van der Waals surface area contributed by atoms with Crippen LogP contribution in [0.25, 0.3) is 0 Å². The summed E-state index contributed by atoms with van der Waals surface area (Å²) in [5, 5.41) is 0.